The zero-order chi connectivity index (χ0) is 21.5. The summed E-state index contributed by atoms with van der Waals surface area (Å²) in [6.07, 6.45) is 2.99. The minimum atomic E-state index is -0.515. The number of aryl methyl sites for hydroxylation is 1. The van der Waals surface area contributed by atoms with Crippen molar-refractivity contribution >= 4 is 39.6 Å². The van der Waals surface area contributed by atoms with E-state index in [1.165, 1.54) is 6.08 Å². The molecule has 0 atom stereocenters. The summed E-state index contributed by atoms with van der Waals surface area (Å²) in [5, 5.41) is 2.83. The molecular formula is C24H20BrNO4. The number of carbonyl (C=O) groups excluding carboxylic acids is 2. The van der Waals surface area contributed by atoms with Crippen LogP contribution in [0.3, 0.4) is 0 Å². The number of anilines is 1. The van der Waals surface area contributed by atoms with Crippen molar-refractivity contribution in [3.8, 4) is 11.5 Å². The average Bonchev–Trinajstić information content (AvgIpc) is 2.74. The van der Waals surface area contributed by atoms with Crippen LogP contribution in [-0.2, 0) is 4.79 Å². The lowest BCUT2D eigenvalue weighted by Crippen LogP contribution is -2.12. The average molecular weight is 466 g/mol. The highest BCUT2D eigenvalue weighted by Gasteiger charge is 2.08. The van der Waals surface area contributed by atoms with Crippen LogP contribution >= 0.6 is 15.9 Å². The van der Waals surface area contributed by atoms with E-state index < -0.39 is 5.97 Å². The third-order valence-electron chi connectivity index (χ3n) is 4.23. The molecule has 0 aliphatic rings. The quantitative estimate of drug-likeness (QED) is 0.290. The van der Waals surface area contributed by atoms with E-state index in [1.807, 2.05) is 43.3 Å². The van der Waals surface area contributed by atoms with Gasteiger partial charge in [-0.3, -0.25) is 4.79 Å². The first-order chi connectivity index (χ1) is 14.4. The summed E-state index contributed by atoms with van der Waals surface area (Å²) in [7, 11) is 1.59. The Morgan fingerprint density at radius 2 is 1.67 bits per heavy atom. The normalized spacial score (nSPS) is 10.6. The summed E-state index contributed by atoms with van der Waals surface area (Å²) in [5.41, 5.74) is 3.13. The van der Waals surface area contributed by atoms with E-state index in [1.54, 1.807) is 43.5 Å². The van der Waals surface area contributed by atoms with Gasteiger partial charge in [0.15, 0.2) is 0 Å². The molecule has 0 bridgehead atoms. The number of amides is 1. The Morgan fingerprint density at radius 1 is 0.967 bits per heavy atom. The monoisotopic (exact) mass is 465 g/mol. The van der Waals surface area contributed by atoms with Gasteiger partial charge in [0.1, 0.15) is 11.5 Å². The van der Waals surface area contributed by atoms with Crippen molar-refractivity contribution in [3.05, 3.63) is 94.0 Å². The molecule has 0 aliphatic heterocycles. The van der Waals surface area contributed by atoms with Gasteiger partial charge in [0.25, 0.3) is 5.91 Å². The summed E-state index contributed by atoms with van der Waals surface area (Å²) < 4.78 is 11.3. The fourth-order valence-corrected chi connectivity index (χ4v) is 3.17. The number of esters is 1. The van der Waals surface area contributed by atoms with Crippen molar-refractivity contribution in [2.45, 2.75) is 6.92 Å². The molecule has 0 unspecified atom stereocenters. The van der Waals surface area contributed by atoms with E-state index in [0.717, 1.165) is 21.3 Å². The zero-order valence-corrected chi connectivity index (χ0v) is 18.1. The number of halogens is 1. The second-order valence-electron chi connectivity index (χ2n) is 6.49. The number of nitrogens with one attached hydrogen (secondary N) is 1. The van der Waals surface area contributed by atoms with Crippen LogP contribution < -0.4 is 14.8 Å². The van der Waals surface area contributed by atoms with Gasteiger partial charge in [-0.1, -0.05) is 23.8 Å². The molecule has 3 aromatic rings. The van der Waals surface area contributed by atoms with Gasteiger partial charge in [-0.2, -0.15) is 0 Å². The first kappa shape index (κ1) is 21.3. The van der Waals surface area contributed by atoms with Crippen molar-refractivity contribution < 1.29 is 19.1 Å². The van der Waals surface area contributed by atoms with Gasteiger partial charge in [-0.05, 0) is 83.0 Å². The lowest BCUT2D eigenvalue weighted by atomic mass is 10.2. The molecule has 0 spiro atoms. The molecule has 0 aliphatic carbocycles. The molecule has 1 N–H and O–H groups in total. The van der Waals surface area contributed by atoms with Crippen LogP contribution in [0.1, 0.15) is 21.5 Å². The van der Waals surface area contributed by atoms with Crippen LogP contribution in [0.5, 0.6) is 11.5 Å². The number of methoxy groups -OCH3 is 1. The Labute approximate surface area is 183 Å². The van der Waals surface area contributed by atoms with Gasteiger partial charge in [0.2, 0.25) is 0 Å². The Kier molecular flexibility index (Phi) is 7.03. The van der Waals surface area contributed by atoms with Crippen LogP contribution in [0.15, 0.2) is 77.3 Å². The second kappa shape index (κ2) is 9.89. The highest BCUT2D eigenvalue weighted by Crippen LogP contribution is 2.26. The van der Waals surface area contributed by atoms with Gasteiger partial charge in [0.05, 0.1) is 11.6 Å². The van der Waals surface area contributed by atoms with Gasteiger partial charge in [0, 0.05) is 17.3 Å². The molecule has 1 amide bonds. The largest absolute Gasteiger partial charge is 0.496 e. The van der Waals surface area contributed by atoms with E-state index in [-0.39, 0.29) is 5.91 Å². The summed E-state index contributed by atoms with van der Waals surface area (Å²) in [6, 6.07) is 19.4. The molecule has 3 rings (SSSR count). The van der Waals surface area contributed by atoms with Gasteiger partial charge in [-0.25, -0.2) is 4.79 Å². The maximum absolute atomic E-state index is 12.3. The molecule has 6 heteroatoms. The molecule has 0 aromatic heterocycles. The van der Waals surface area contributed by atoms with Crippen molar-refractivity contribution in [2.24, 2.45) is 0 Å². The summed E-state index contributed by atoms with van der Waals surface area (Å²) in [6.45, 7) is 1.98. The SMILES string of the molecule is COc1ccc(/C=C/C(=O)Oc2ccc(C(=O)Nc3ccc(C)cc3)cc2)cc1Br. The standard InChI is InChI=1S/C24H20BrNO4/c1-16-3-9-19(10-4-16)26-24(28)18-7-11-20(12-8-18)30-23(27)14-6-17-5-13-22(29-2)21(25)15-17/h3-15H,1-2H3,(H,26,28)/b14-6+. The van der Waals surface area contributed by atoms with E-state index in [9.17, 15) is 9.59 Å². The van der Waals surface area contributed by atoms with E-state index >= 15 is 0 Å². The number of ether oxygens (including phenoxy) is 2. The lowest BCUT2D eigenvalue weighted by Gasteiger charge is -2.07. The van der Waals surface area contributed by atoms with E-state index in [0.29, 0.717) is 17.1 Å². The molecule has 30 heavy (non-hydrogen) atoms. The third-order valence-corrected chi connectivity index (χ3v) is 4.85. The molecule has 0 radical (unpaired) electrons. The van der Waals surface area contributed by atoms with Crippen LogP contribution in [0.4, 0.5) is 5.69 Å². The molecule has 5 nitrogen and oxygen atoms in total. The molecule has 152 valence electrons. The first-order valence-electron chi connectivity index (χ1n) is 9.16. The maximum atomic E-state index is 12.3. The number of rotatable bonds is 6. The summed E-state index contributed by atoms with van der Waals surface area (Å²) in [4.78, 5) is 24.4. The van der Waals surface area contributed by atoms with E-state index in [2.05, 4.69) is 21.2 Å². The smallest absolute Gasteiger partial charge is 0.336 e. The minimum Gasteiger partial charge on any atom is -0.496 e. The number of hydrogen-bond acceptors (Lipinski definition) is 4. The predicted molar refractivity (Wildman–Crippen MR) is 121 cm³/mol. The topological polar surface area (TPSA) is 64.6 Å². The van der Waals surface area contributed by atoms with Crippen LogP contribution in [0, 0.1) is 6.92 Å². The third kappa shape index (κ3) is 5.81. The molecule has 0 fully saturated rings. The highest BCUT2D eigenvalue weighted by atomic mass is 79.9. The molecule has 0 heterocycles. The Hall–Kier alpha value is -3.38. The molecule has 0 saturated carbocycles. The maximum Gasteiger partial charge on any atom is 0.336 e. The Bertz CT molecular complexity index is 1070. The molecular weight excluding hydrogens is 446 g/mol. The van der Waals surface area contributed by atoms with Gasteiger partial charge >= 0.3 is 5.97 Å². The van der Waals surface area contributed by atoms with Crippen molar-refractivity contribution in [1.29, 1.82) is 0 Å². The van der Waals surface area contributed by atoms with Gasteiger partial charge < -0.3 is 14.8 Å². The Morgan fingerprint density at radius 3 is 2.30 bits per heavy atom. The van der Waals surface area contributed by atoms with Gasteiger partial charge in [-0.15, -0.1) is 0 Å². The van der Waals surface area contributed by atoms with Crippen molar-refractivity contribution in [1.82, 2.24) is 0 Å². The summed E-state index contributed by atoms with van der Waals surface area (Å²) in [5.74, 6) is 0.314. The minimum absolute atomic E-state index is 0.235. The second-order valence-corrected chi connectivity index (χ2v) is 7.35. The van der Waals surface area contributed by atoms with Crippen LogP contribution in [-0.4, -0.2) is 19.0 Å². The number of carbonyl (C=O) groups is 2. The molecule has 0 saturated heterocycles. The molecule has 3 aromatic carbocycles. The Balaban J connectivity index is 1.58. The lowest BCUT2D eigenvalue weighted by molar-refractivity contribution is -0.128. The van der Waals surface area contributed by atoms with Crippen molar-refractivity contribution in [3.63, 3.8) is 0 Å². The van der Waals surface area contributed by atoms with Crippen molar-refractivity contribution in [2.75, 3.05) is 12.4 Å². The zero-order valence-electron chi connectivity index (χ0n) is 16.5. The van der Waals surface area contributed by atoms with E-state index in [4.69, 9.17) is 9.47 Å². The number of hydrogen-bond donors (Lipinski definition) is 1. The fraction of sp³-hybridized carbons (Fsp3) is 0.0833. The van der Waals surface area contributed by atoms with Crippen LogP contribution in [0.2, 0.25) is 0 Å². The highest BCUT2D eigenvalue weighted by molar-refractivity contribution is 9.10. The van der Waals surface area contributed by atoms with Crippen LogP contribution in [0.25, 0.3) is 6.08 Å². The number of benzene rings is 3. The summed E-state index contributed by atoms with van der Waals surface area (Å²) >= 11 is 3.40. The fourth-order valence-electron chi connectivity index (χ4n) is 2.62. The predicted octanol–water partition coefficient (Wildman–Crippen LogP) is 5.64. The first-order valence-corrected chi connectivity index (χ1v) is 9.95.